The second-order valence-corrected chi connectivity index (χ2v) is 7.46. The van der Waals surface area contributed by atoms with Crippen LogP contribution in [-0.2, 0) is 9.53 Å². The summed E-state index contributed by atoms with van der Waals surface area (Å²) in [5.74, 6) is -0.539. The first-order valence-electron chi connectivity index (χ1n) is 8.97. The number of rotatable bonds is 8. The molecule has 0 unspecified atom stereocenters. The molecule has 0 atom stereocenters. The maximum Gasteiger partial charge on any atom is 0.407 e. The van der Waals surface area contributed by atoms with Gasteiger partial charge in [-0.2, -0.15) is 0 Å². The van der Waals surface area contributed by atoms with Crippen molar-refractivity contribution < 1.29 is 19.1 Å². The number of benzene rings is 1. The van der Waals surface area contributed by atoms with Gasteiger partial charge in [-0.3, -0.25) is 9.59 Å². The first-order chi connectivity index (χ1) is 12.6. The van der Waals surface area contributed by atoms with Crippen LogP contribution < -0.4 is 16.0 Å². The molecule has 1 aromatic rings. The lowest BCUT2D eigenvalue weighted by molar-refractivity contribution is -0.116. The van der Waals surface area contributed by atoms with E-state index in [1.807, 2.05) is 6.92 Å². The third-order valence-corrected chi connectivity index (χ3v) is 3.52. The Bertz CT molecular complexity index is 671. The summed E-state index contributed by atoms with van der Waals surface area (Å²) in [6.07, 6.45) is 0.903. The van der Waals surface area contributed by atoms with E-state index >= 15 is 0 Å². The topological polar surface area (TPSA) is 96.5 Å². The van der Waals surface area contributed by atoms with Crippen LogP contribution in [-0.4, -0.2) is 36.6 Å². The number of nitrogens with one attached hydrogen (secondary N) is 3. The fraction of sp³-hybridized carbons (Fsp3) is 0.526. The fourth-order valence-electron chi connectivity index (χ4n) is 2.12. The van der Waals surface area contributed by atoms with Crippen molar-refractivity contribution in [3.8, 4) is 0 Å². The van der Waals surface area contributed by atoms with Gasteiger partial charge in [0.2, 0.25) is 5.91 Å². The summed E-state index contributed by atoms with van der Waals surface area (Å²) in [4.78, 5) is 35.9. The van der Waals surface area contributed by atoms with Crippen LogP contribution in [0.1, 0.15) is 57.3 Å². The second kappa shape index (κ2) is 10.8. The van der Waals surface area contributed by atoms with Crippen LogP contribution >= 0.6 is 11.6 Å². The number of amides is 3. The number of anilines is 1. The van der Waals surface area contributed by atoms with Gasteiger partial charge in [0.05, 0.1) is 11.3 Å². The van der Waals surface area contributed by atoms with Gasteiger partial charge >= 0.3 is 6.09 Å². The lowest BCUT2D eigenvalue weighted by atomic mass is 10.1. The first kappa shape index (κ1) is 22.8. The zero-order valence-electron chi connectivity index (χ0n) is 16.3. The van der Waals surface area contributed by atoms with Crippen molar-refractivity contribution in [1.82, 2.24) is 10.6 Å². The Hall–Kier alpha value is -2.28. The molecule has 0 saturated carbocycles. The molecule has 3 amide bonds. The van der Waals surface area contributed by atoms with Crippen molar-refractivity contribution in [2.45, 2.75) is 52.6 Å². The summed E-state index contributed by atoms with van der Waals surface area (Å²) in [6, 6.07) is 4.72. The van der Waals surface area contributed by atoms with Crippen molar-refractivity contribution in [3.05, 3.63) is 28.8 Å². The van der Waals surface area contributed by atoms with Crippen LogP contribution in [0.25, 0.3) is 0 Å². The smallest absolute Gasteiger partial charge is 0.407 e. The Morgan fingerprint density at radius 2 is 1.81 bits per heavy atom. The van der Waals surface area contributed by atoms with Crippen LogP contribution in [0.5, 0.6) is 0 Å². The van der Waals surface area contributed by atoms with Crippen molar-refractivity contribution >= 4 is 35.2 Å². The lowest BCUT2D eigenvalue weighted by Crippen LogP contribution is -2.33. The largest absolute Gasteiger partial charge is 0.444 e. The van der Waals surface area contributed by atoms with Crippen molar-refractivity contribution in [3.63, 3.8) is 0 Å². The number of carbonyl (C=O) groups excluding carboxylic acids is 3. The molecule has 0 bridgehead atoms. The Morgan fingerprint density at radius 3 is 2.44 bits per heavy atom. The minimum absolute atomic E-state index is 0.179. The van der Waals surface area contributed by atoms with E-state index in [1.54, 1.807) is 39.0 Å². The molecule has 0 aromatic heterocycles. The van der Waals surface area contributed by atoms with Gasteiger partial charge < -0.3 is 20.7 Å². The molecule has 8 heteroatoms. The number of ether oxygens (including phenoxy) is 1. The molecule has 7 nitrogen and oxygen atoms in total. The van der Waals surface area contributed by atoms with Gasteiger partial charge in [-0.25, -0.2) is 4.79 Å². The van der Waals surface area contributed by atoms with E-state index in [2.05, 4.69) is 16.0 Å². The molecule has 0 radical (unpaired) electrons. The third-order valence-electron chi connectivity index (χ3n) is 3.28. The highest BCUT2D eigenvalue weighted by molar-refractivity contribution is 6.31. The molecular formula is C19H28ClN3O4. The zero-order valence-corrected chi connectivity index (χ0v) is 17.0. The van der Waals surface area contributed by atoms with Crippen molar-refractivity contribution in [2.24, 2.45) is 0 Å². The Morgan fingerprint density at radius 1 is 1.11 bits per heavy atom. The second-order valence-electron chi connectivity index (χ2n) is 7.03. The molecule has 0 aliphatic carbocycles. The number of hydrogen-bond acceptors (Lipinski definition) is 4. The zero-order chi connectivity index (χ0) is 20.4. The van der Waals surface area contributed by atoms with Crippen molar-refractivity contribution in [1.29, 1.82) is 0 Å². The molecule has 150 valence electrons. The molecule has 0 fully saturated rings. The van der Waals surface area contributed by atoms with Gasteiger partial charge in [0, 0.05) is 24.5 Å². The summed E-state index contributed by atoms with van der Waals surface area (Å²) in [7, 11) is 0. The molecule has 0 heterocycles. The number of hydrogen-bond donors (Lipinski definition) is 3. The maximum atomic E-state index is 12.2. The summed E-state index contributed by atoms with van der Waals surface area (Å²) in [5.41, 5.74) is 0.150. The highest BCUT2D eigenvalue weighted by atomic mass is 35.5. The van der Waals surface area contributed by atoms with E-state index in [9.17, 15) is 14.4 Å². The monoisotopic (exact) mass is 397 g/mol. The summed E-state index contributed by atoms with van der Waals surface area (Å²) in [6.45, 7) is 8.14. The molecular weight excluding hydrogens is 370 g/mol. The minimum atomic E-state index is -0.567. The molecule has 1 aromatic carbocycles. The average Bonchev–Trinajstić information content (AvgIpc) is 2.55. The van der Waals surface area contributed by atoms with Crippen LogP contribution in [0, 0.1) is 0 Å². The Labute approximate surface area is 165 Å². The van der Waals surface area contributed by atoms with Crippen LogP contribution in [0.3, 0.4) is 0 Å². The molecule has 27 heavy (non-hydrogen) atoms. The van der Waals surface area contributed by atoms with Gasteiger partial charge in [0.25, 0.3) is 5.91 Å². The van der Waals surface area contributed by atoms with Gasteiger partial charge in [-0.05, 0) is 51.8 Å². The number of carbonyl (C=O) groups is 3. The Balaban J connectivity index is 2.53. The van der Waals surface area contributed by atoms with Gasteiger partial charge in [-0.1, -0.05) is 18.5 Å². The number of alkyl carbamates (subject to hydrolysis) is 1. The van der Waals surface area contributed by atoms with E-state index in [4.69, 9.17) is 16.3 Å². The standard InChI is InChI=1S/C19H28ClN3O4/c1-5-10-21-17(25)14-9-8-13(20)12-15(14)23-16(24)7-6-11-22-18(26)27-19(2,3)4/h8-9,12H,5-7,10-11H2,1-4H3,(H,21,25)(H,22,26)(H,23,24). The van der Waals surface area contributed by atoms with E-state index in [-0.39, 0.29) is 18.2 Å². The predicted molar refractivity (Wildman–Crippen MR) is 106 cm³/mol. The number of halogens is 1. The Kier molecular flexibility index (Phi) is 9.08. The van der Waals surface area contributed by atoms with E-state index in [0.29, 0.717) is 35.8 Å². The highest BCUT2D eigenvalue weighted by Gasteiger charge is 2.16. The lowest BCUT2D eigenvalue weighted by Gasteiger charge is -2.19. The molecule has 0 aliphatic rings. The third kappa shape index (κ3) is 9.28. The molecule has 0 saturated heterocycles. The SMILES string of the molecule is CCCNC(=O)c1ccc(Cl)cc1NC(=O)CCCNC(=O)OC(C)(C)C. The van der Waals surface area contributed by atoms with Crippen LogP contribution in [0.15, 0.2) is 18.2 Å². The van der Waals surface area contributed by atoms with Gasteiger partial charge in [0.15, 0.2) is 0 Å². The van der Waals surface area contributed by atoms with E-state index in [0.717, 1.165) is 6.42 Å². The van der Waals surface area contributed by atoms with E-state index < -0.39 is 11.7 Å². The fourth-order valence-corrected chi connectivity index (χ4v) is 2.29. The van der Waals surface area contributed by atoms with Gasteiger partial charge in [0.1, 0.15) is 5.60 Å². The normalized spacial score (nSPS) is 10.9. The summed E-state index contributed by atoms with van der Waals surface area (Å²) in [5, 5.41) is 8.49. The molecule has 0 aliphatic heterocycles. The summed E-state index contributed by atoms with van der Waals surface area (Å²) < 4.78 is 5.12. The van der Waals surface area contributed by atoms with Crippen LogP contribution in [0.4, 0.5) is 10.5 Å². The molecule has 3 N–H and O–H groups in total. The van der Waals surface area contributed by atoms with E-state index in [1.165, 1.54) is 0 Å². The minimum Gasteiger partial charge on any atom is -0.444 e. The van der Waals surface area contributed by atoms with Crippen LogP contribution in [0.2, 0.25) is 5.02 Å². The highest BCUT2D eigenvalue weighted by Crippen LogP contribution is 2.21. The van der Waals surface area contributed by atoms with Crippen molar-refractivity contribution in [2.75, 3.05) is 18.4 Å². The summed E-state index contributed by atoms with van der Waals surface area (Å²) >= 11 is 5.98. The molecule has 0 spiro atoms. The average molecular weight is 398 g/mol. The maximum absolute atomic E-state index is 12.2. The quantitative estimate of drug-likeness (QED) is 0.582. The van der Waals surface area contributed by atoms with Gasteiger partial charge in [-0.15, -0.1) is 0 Å². The predicted octanol–water partition coefficient (Wildman–Crippen LogP) is 3.72. The first-order valence-corrected chi connectivity index (χ1v) is 9.34. The molecule has 1 rings (SSSR count).